The molecule has 0 unspecified atom stereocenters. The van der Waals surface area contributed by atoms with Crippen LogP contribution in [0.25, 0.3) is 0 Å². The van der Waals surface area contributed by atoms with Crippen LogP contribution < -0.4 is 10.5 Å². The molecule has 0 aliphatic carbocycles. The zero-order chi connectivity index (χ0) is 15.3. The van der Waals surface area contributed by atoms with Crippen molar-refractivity contribution in [2.45, 2.75) is 17.9 Å². The number of phenols is 1. The number of phenolic OH excluding ortho intramolecular Hbond substituents is 1. The van der Waals surface area contributed by atoms with E-state index in [0.717, 1.165) is 5.56 Å². The van der Waals surface area contributed by atoms with Gasteiger partial charge in [0, 0.05) is 13.1 Å². The van der Waals surface area contributed by atoms with Gasteiger partial charge in [0.15, 0.2) is 0 Å². The number of nitrogens with one attached hydrogen (secondary N) is 1. The summed E-state index contributed by atoms with van der Waals surface area (Å²) >= 11 is 0. The molecule has 0 fully saturated rings. The molecule has 2 aromatic rings. The lowest BCUT2D eigenvalue weighted by molar-refractivity contribution is 0.475. The van der Waals surface area contributed by atoms with Crippen molar-refractivity contribution in [2.75, 3.05) is 6.54 Å². The van der Waals surface area contributed by atoms with Crippen molar-refractivity contribution in [1.82, 2.24) is 4.72 Å². The first-order chi connectivity index (χ1) is 10.0. The highest BCUT2D eigenvalue weighted by Crippen LogP contribution is 2.15. The lowest BCUT2D eigenvalue weighted by Crippen LogP contribution is -2.27. The highest BCUT2D eigenvalue weighted by atomic mass is 32.2. The van der Waals surface area contributed by atoms with Gasteiger partial charge in [0.25, 0.3) is 0 Å². The zero-order valence-corrected chi connectivity index (χ0v) is 12.3. The molecule has 6 heteroatoms. The van der Waals surface area contributed by atoms with E-state index in [4.69, 9.17) is 5.73 Å². The van der Waals surface area contributed by atoms with Crippen molar-refractivity contribution < 1.29 is 13.5 Å². The summed E-state index contributed by atoms with van der Waals surface area (Å²) in [5.74, 6) is 0.191. The van der Waals surface area contributed by atoms with Crippen molar-refractivity contribution in [3.63, 3.8) is 0 Å². The Bertz CT molecular complexity index is 697. The van der Waals surface area contributed by atoms with Gasteiger partial charge in [-0.3, -0.25) is 0 Å². The Morgan fingerprint density at radius 3 is 2.38 bits per heavy atom. The molecule has 0 aliphatic rings. The predicted molar refractivity (Wildman–Crippen MR) is 81.3 cm³/mol. The lowest BCUT2D eigenvalue weighted by atomic mass is 10.1. The first-order valence-electron chi connectivity index (χ1n) is 6.58. The maximum absolute atomic E-state index is 12.2. The van der Waals surface area contributed by atoms with Crippen molar-refractivity contribution >= 4 is 10.0 Å². The van der Waals surface area contributed by atoms with Crippen molar-refractivity contribution in [3.8, 4) is 5.75 Å². The fraction of sp³-hybridized carbons (Fsp3) is 0.200. The van der Waals surface area contributed by atoms with Crippen LogP contribution >= 0.6 is 0 Å². The summed E-state index contributed by atoms with van der Waals surface area (Å²) in [4.78, 5) is 0.221. The molecule has 0 saturated carbocycles. The number of sulfonamides is 1. The zero-order valence-electron chi connectivity index (χ0n) is 11.5. The molecule has 0 bridgehead atoms. The van der Waals surface area contributed by atoms with E-state index in [0.29, 0.717) is 12.0 Å². The second-order valence-electron chi connectivity index (χ2n) is 4.63. The second kappa shape index (κ2) is 6.71. The van der Waals surface area contributed by atoms with Gasteiger partial charge >= 0.3 is 0 Å². The highest BCUT2D eigenvalue weighted by Gasteiger charge is 2.16. The minimum absolute atomic E-state index is 0.176. The average Bonchev–Trinajstić information content (AvgIpc) is 2.49. The van der Waals surface area contributed by atoms with E-state index in [1.807, 2.05) is 0 Å². The quantitative estimate of drug-likeness (QED) is 0.751. The van der Waals surface area contributed by atoms with E-state index < -0.39 is 10.0 Å². The van der Waals surface area contributed by atoms with Crippen LogP contribution in [0.4, 0.5) is 0 Å². The third-order valence-corrected chi connectivity index (χ3v) is 4.69. The van der Waals surface area contributed by atoms with Crippen LogP contribution in [0.15, 0.2) is 53.4 Å². The Hall–Kier alpha value is -1.89. The Kier molecular flexibility index (Phi) is 4.95. The summed E-state index contributed by atoms with van der Waals surface area (Å²) in [6.45, 7) is 0.459. The second-order valence-corrected chi connectivity index (χ2v) is 6.36. The van der Waals surface area contributed by atoms with Gasteiger partial charge in [-0.2, -0.15) is 0 Å². The largest absolute Gasteiger partial charge is 0.508 e. The van der Waals surface area contributed by atoms with Crippen LogP contribution in [0.1, 0.15) is 11.1 Å². The normalized spacial score (nSPS) is 11.5. The van der Waals surface area contributed by atoms with E-state index in [9.17, 15) is 13.5 Å². The first-order valence-corrected chi connectivity index (χ1v) is 8.07. The van der Waals surface area contributed by atoms with E-state index in [-0.39, 0.29) is 23.7 Å². The summed E-state index contributed by atoms with van der Waals surface area (Å²) in [7, 11) is -3.56. The molecule has 5 nitrogen and oxygen atoms in total. The van der Waals surface area contributed by atoms with Gasteiger partial charge in [-0.05, 0) is 35.7 Å². The van der Waals surface area contributed by atoms with Gasteiger partial charge in [-0.25, -0.2) is 13.1 Å². The molecule has 112 valence electrons. The monoisotopic (exact) mass is 306 g/mol. The van der Waals surface area contributed by atoms with Gasteiger partial charge in [-0.15, -0.1) is 0 Å². The fourth-order valence-electron chi connectivity index (χ4n) is 2.00. The van der Waals surface area contributed by atoms with Crippen LogP contribution in [-0.4, -0.2) is 20.1 Å². The molecule has 0 atom stereocenters. The molecule has 0 spiro atoms. The van der Waals surface area contributed by atoms with Gasteiger partial charge < -0.3 is 10.8 Å². The maximum atomic E-state index is 12.2. The SMILES string of the molecule is NCc1ccccc1S(=O)(=O)NCCc1ccc(O)cc1. The Morgan fingerprint density at radius 1 is 1.05 bits per heavy atom. The standard InChI is InChI=1S/C15H18N2O3S/c16-11-13-3-1-2-4-15(13)21(19,20)17-10-9-12-5-7-14(18)8-6-12/h1-8,17-18H,9-11,16H2. The smallest absolute Gasteiger partial charge is 0.240 e. The molecule has 2 rings (SSSR count). The minimum Gasteiger partial charge on any atom is -0.508 e. The number of benzene rings is 2. The summed E-state index contributed by atoms with van der Waals surface area (Å²) in [5, 5.41) is 9.19. The molecule has 2 aromatic carbocycles. The van der Waals surface area contributed by atoms with Crippen LogP contribution in [0.3, 0.4) is 0 Å². The van der Waals surface area contributed by atoms with Gasteiger partial charge in [0.2, 0.25) is 10.0 Å². The fourth-order valence-corrected chi connectivity index (χ4v) is 3.29. The Labute approximate surface area is 124 Å². The Morgan fingerprint density at radius 2 is 1.71 bits per heavy atom. The molecule has 21 heavy (non-hydrogen) atoms. The number of nitrogens with two attached hydrogens (primary N) is 1. The van der Waals surface area contributed by atoms with Gasteiger partial charge in [-0.1, -0.05) is 30.3 Å². The molecule has 0 aliphatic heterocycles. The summed E-state index contributed by atoms with van der Waals surface area (Å²) in [6, 6.07) is 13.4. The third-order valence-electron chi connectivity index (χ3n) is 3.12. The average molecular weight is 306 g/mol. The van der Waals surface area contributed by atoms with E-state index in [2.05, 4.69) is 4.72 Å². The molecular formula is C15H18N2O3S. The molecule has 0 amide bonds. The summed E-state index contributed by atoms with van der Waals surface area (Å²) < 4.78 is 27.1. The highest BCUT2D eigenvalue weighted by molar-refractivity contribution is 7.89. The topological polar surface area (TPSA) is 92.4 Å². The molecule has 0 heterocycles. The van der Waals surface area contributed by atoms with E-state index in [1.165, 1.54) is 0 Å². The van der Waals surface area contributed by atoms with Crippen LogP contribution in [0.5, 0.6) is 5.75 Å². The van der Waals surface area contributed by atoms with E-state index in [1.54, 1.807) is 48.5 Å². The van der Waals surface area contributed by atoms with Gasteiger partial charge in [0.05, 0.1) is 4.90 Å². The van der Waals surface area contributed by atoms with Crippen LogP contribution in [0, 0.1) is 0 Å². The Balaban J connectivity index is 2.03. The van der Waals surface area contributed by atoms with E-state index >= 15 is 0 Å². The van der Waals surface area contributed by atoms with Crippen molar-refractivity contribution in [1.29, 1.82) is 0 Å². The van der Waals surface area contributed by atoms with Crippen molar-refractivity contribution in [2.24, 2.45) is 5.73 Å². The number of hydrogen-bond donors (Lipinski definition) is 3. The summed E-state index contributed by atoms with van der Waals surface area (Å²) in [5.41, 5.74) is 7.10. The number of rotatable bonds is 6. The molecule has 0 saturated heterocycles. The summed E-state index contributed by atoms with van der Waals surface area (Å²) in [6.07, 6.45) is 0.546. The molecule has 0 radical (unpaired) electrons. The lowest BCUT2D eigenvalue weighted by Gasteiger charge is -2.10. The number of hydrogen-bond acceptors (Lipinski definition) is 4. The van der Waals surface area contributed by atoms with Gasteiger partial charge in [0.1, 0.15) is 5.75 Å². The maximum Gasteiger partial charge on any atom is 0.240 e. The molecule has 4 N–H and O–H groups in total. The predicted octanol–water partition coefficient (Wildman–Crippen LogP) is 1.37. The molecule has 0 aromatic heterocycles. The van der Waals surface area contributed by atoms with Crippen LogP contribution in [0.2, 0.25) is 0 Å². The minimum atomic E-state index is -3.56. The van der Waals surface area contributed by atoms with Crippen molar-refractivity contribution in [3.05, 3.63) is 59.7 Å². The van der Waals surface area contributed by atoms with Crippen LogP contribution in [-0.2, 0) is 23.0 Å². The number of aromatic hydroxyl groups is 1. The molecular weight excluding hydrogens is 288 g/mol. The third kappa shape index (κ3) is 4.04. The first kappa shape index (κ1) is 15.5.